The number of hydrogen-bond acceptors (Lipinski definition) is 3. The molecule has 1 aromatic rings. The third kappa shape index (κ3) is 7.67. The molecule has 0 aliphatic carbocycles. The van der Waals surface area contributed by atoms with E-state index < -0.39 is 6.61 Å². The van der Waals surface area contributed by atoms with E-state index in [0.717, 1.165) is 12.0 Å². The number of nitrogens with one attached hydrogen (secondary N) is 2. The van der Waals surface area contributed by atoms with Gasteiger partial charge in [0.1, 0.15) is 5.75 Å². The molecule has 0 saturated carbocycles. The third-order valence-electron chi connectivity index (χ3n) is 3.74. The monoisotopic (exact) mass is 370 g/mol. The van der Waals surface area contributed by atoms with E-state index in [4.69, 9.17) is 0 Å². The maximum Gasteiger partial charge on any atom is 0.387 e. The van der Waals surface area contributed by atoms with Crippen LogP contribution in [0.2, 0.25) is 0 Å². The zero-order valence-electron chi connectivity index (χ0n) is 16.0. The first kappa shape index (κ1) is 21.7. The van der Waals surface area contributed by atoms with Crippen molar-refractivity contribution < 1.29 is 18.3 Å². The third-order valence-corrected chi connectivity index (χ3v) is 3.74. The van der Waals surface area contributed by atoms with Crippen LogP contribution in [0.1, 0.15) is 31.4 Å². The second kappa shape index (κ2) is 10.6. The van der Waals surface area contributed by atoms with E-state index in [2.05, 4.69) is 20.4 Å². The quantitative estimate of drug-likeness (QED) is 0.545. The van der Waals surface area contributed by atoms with Crippen molar-refractivity contribution in [1.82, 2.24) is 15.5 Å². The molecule has 0 heterocycles. The Morgan fingerprint density at radius 3 is 2.62 bits per heavy atom. The fraction of sp³-hybridized carbons (Fsp3) is 0.556. The normalized spacial score (nSPS) is 12.7. The van der Waals surface area contributed by atoms with Crippen molar-refractivity contribution in [3.05, 3.63) is 29.3 Å². The highest BCUT2D eigenvalue weighted by Gasteiger charge is 2.11. The predicted octanol–water partition coefficient (Wildman–Crippen LogP) is 2.52. The number of amides is 1. The number of alkyl halides is 2. The van der Waals surface area contributed by atoms with Crippen LogP contribution in [0.25, 0.3) is 0 Å². The first-order valence-electron chi connectivity index (χ1n) is 8.52. The Morgan fingerprint density at radius 1 is 1.35 bits per heavy atom. The van der Waals surface area contributed by atoms with E-state index in [1.807, 2.05) is 20.8 Å². The van der Waals surface area contributed by atoms with Gasteiger partial charge in [-0.25, -0.2) is 4.99 Å². The molecule has 0 aliphatic heterocycles. The molecule has 0 radical (unpaired) electrons. The van der Waals surface area contributed by atoms with Crippen molar-refractivity contribution in [2.24, 2.45) is 4.99 Å². The van der Waals surface area contributed by atoms with E-state index in [1.165, 1.54) is 11.0 Å². The summed E-state index contributed by atoms with van der Waals surface area (Å²) in [5.74, 6) is 0.446. The van der Waals surface area contributed by atoms with Crippen LogP contribution in [-0.4, -0.2) is 50.1 Å². The van der Waals surface area contributed by atoms with Crippen molar-refractivity contribution in [3.8, 4) is 5.75 Å². The van der Waals surface area contributed by atoms with Crippen LogP contribution < -0.4 is 15.4 Å². The highest BCUT2D eigenvalue weighted by atomic mass is 19.3. The van der Waals surface area contributed by atoms with Gasteiger partial charge in [-0.2, -0.15) is 8.78 Å². The topological polar surface area (TPSA) is 66.0 Å². The number of aliphatic imine (C=N–C) groups is 1. The van der Waals surface area contributed by atoms with Crippen LogP contribution in [0.4, 0.5) is 8.78 Å². The highest BCUT2D eigenvalue weighted by Crippen LogP contribution is 2.22. The molecule has 1 unspecified atom stereocenters. The fourth-order valence-electron chi connectivity index (χ4n) is 2.01. The number of carbonyl (C=O) groups is 1. The lowest BCUT2D eigenvalue weighted by Gasteiger charge is -2.18. The lowest BCUT2D eigenvalue weighted by atomic mass is 10.1. The van der Waals surface area contributed by atoms with Gasteiger partial charge in [-0.3, -0.25) is 4.79 Å². The Kier molecular flexibility index (Phi) is 8.81. The summed E-state index contributed by atoms with van der Waals surface area (Å²) in [4.78, 5) is 17.7. The predicted molar refractivity (Wildman–Crippen MR) is 98.5 cm³/mol. The number of aryl methyl sites for hydroxylation is 1. The minimum Gasteiger partial charge on any atom is -0.434 e. The summed E-state index contributed by atoms with van der Waals surface area (Å²) in [5.41, 5.74) is 1.47. The van der Waals surface area contributed by atoms with E-state index in [9.17, 15) is 13.6 Å². The average Bonchev–Trinajstić information content (AvgIpc) is 2.58. The SMILES string of the molecule is CCC(C)NC(=NCc1cc(C)ccc1OC(F)F)NCC(=O)N(C)C. The molecule has 0 aliphatic rings. The molecule has 1 amide bonds. The van der Waals surface area contributed by atoms with Gasteiger partial charge in [0.15, 0.2) is 5.96 Å². The van der Waals surface area contributed by atoms with Crippen molar-refractivity contribution >= 4 is 11.9 Å². The molecule has 0 aromatic heterocycles. The number of likely N-dealkylation sites (N-methyl/N-ethyl adjacent to an activating group) is 1. The molecule has 0 saturated heterocycles. The number of benzene rings is 1. The van der Waals surface area contributed by atoms with Gasteiger partial charge in [0.05, 0.1) is 13.1 Å². The van der Waals surface area contributed by atoms with Gasteiger partial charge >= 0.3 is 6.61 Å². The molecule has 2 N–H and O–H groups in total. The number of rotatable bonds is 8. The van der Waals surface area contributed by atoms with E-state index in [-0.39, 0.29) is 30.8 Å². The highest BCUT2D eigenvalue weighted by molar-refractivity contribution is 5.86. The molecule has 0 fully saturated rings. The van der Waals surface area contributed by atoms with Crippen LogP contribution in [0.3, 0.4) is 0 Å². The number of guanidine groups is 1. The molecule has 26 heavy (non-hydrogen) atoms. The van der Waals surface area contributed by atoms with E-state index in [1.54, 1.807) is 26.2 Å². The summed E-state index contributed by atoms with van der Waals surface area (Å²) in [6.07, 6.45) is 0.868. The summed E-state index contributed by atoms with van der Waals surface area (Å²) in [6, 6.07) is 5.12. The Hall–Kier alpha value is -2.38. The summed E-state index contributed by atoms with van der Waals surface area (Å²) in [7, 11) is 3.34. The van der Waals surface area contributed by atoms with E-state index in [0.29, 0.717) is 11.5 Å². The van der Waals surface area contributed by atoms with Crippen LogP contribution in [-0.2, 0) is 11.3 Å². The Morgan fingerprint density at radius 2 is 2.04 bits per heavy atom. The second-order valence-corrected chi connectivity index (χ2v) is 6.25. The molecule has 8 heteroatoms. The summed E-state index contributed by atoms with van der Waals surface area (Å²) in [5, 5.41) is 6.16. The van der Waals surface area contributed by atoms with Gasteiger partial charge in [-0.05, 0) is 26.3 Å². The van der Waals surface area contributed by atoms with Crippen LogP contribution >= 0.6 is 0 Å². The first-order chi connectivity index (χ1) is 12.2. The lowest BCUT2D eigenvalue weighted by molar-refractivity contribution is -0.127. The zero-order valence-corrected chi connectivity index (χ0v) is 16.0. The standard InChI is InChI=1S/C18H28F2N4O2/c1-6-13(3)23-18(22-11-16(25)24(4)5)21-10-14-9-12(2)7-8-15(14)26-17(19)20/h7-9,13,17H,6,10-11H2,1-5H3,(H2,21,22,23). The summed E-state index contributed by atoms with van der Waals surface area (Å²) >= 11 is 0. The van der Waals surface area contributed by atoms with Gasteiger partial charge in [0.25, 0.3) is 0 Å². The summed E-state index contributed by atoms with van der Waals surface area (Å²) in [6.45, 7) is 3.22. The maximum atomic E-state index is 12.6. The first-order valence-corrected chi connectivity index (χ1v) is 8.52. The average molecular weight is 370 g/mol. The molecule has 0 spiro atoms. The molecule has 1 aromatic carbocycles. The van der Waals surface area contributed by atoms with Crippen molar-refractivity contribution in [1.29, 1.82) is 0 Å². The van der Waals surface area contributed by atoms with Gasteiger partial charge in [0, 0.05) is 25.7 Å². The minimum absolute atomic E-state index is 0.0868. The van der Waals surface area contributed by atoms with Gasteiger partial charge < -0.3 is 20.3 Å². The number of hydrogen-bond donors (Lipinski definition) is 2. The lowest BCUT2D eigenvalue weighted by Crippen LogP contribution is -2.45. The second-order valence-electron chi connectivity index (χ2n) is 6.25. The van der Waals surface area contributed by atoms with Crippen molar-refractivity contribution in [2.45, 2.75) is 46.4 Å². The number of halogens is 2. The molecule has 1 rings (SSSR count). The van der Waals surface area contributed by atoms with Crippen LogP contribution in [0.5, 0.6) is 5.75 Å². The Labute approximate surface area is 153 Å². The maximum absolute atomic E-state index is 12.6. The molecular formula is C18H28F2N4O2. The number of ether oxygens (including phenoxy) is 1. The molecule has 1 atom stereocenters. The van der Waals surface area contributed by atoms with Crippen LogP contribution in [0, 0.1) is 6.92 Å². The van der Waals surface area contributed by atoms with Crippen LogP contribution in [0.15, 0.2) is 23.2 Å². The largest absolute Gasteiger partial charge is 0.434 e. The molecular weight excluding hydrogens is 342 g/mol. The van der Waals surface area contributed by atoms with Gasteiger partial charge in [-0.15, -0.1) is 0 Å². The molecule has 0 bridgehead atoms. The number of nitrogens with zero attached hydrogens (tertiary/aromatic N) is 2. The zero-order chi connectivity index (χ0) is 19.7. The molecule has 146 valence electrons. The minimum atomic E-state index is -2.89. The molecule has 6 nitrogen and oxygen atoms in total. The Balaban J connectivity index is 2.94. The van der Waals surface area contributed by atoms with E-state index >= 15 is 0 Å². The fourth-order valence-corrected chi connectivity index (χ4v) is 2.01. The van der Waals surface area contributed by atoms with Gasteiger partial charge in [-0.1, -0.05) is 24.6 Å². The number of carbonyl (C=O) groups excluding carboxylic acids is 1. The Bertz CT molecular complexity index is 621. The summed E-state index contributed by atoms with van der Waals surface area (Å²) < 4.78 is 29.7. The smallest absolute Gasteiger partial charge is 0.387 e. The van der Waals surface area contributed by atoms with Gasteiger partial charge in [0.2, 0.25) is 5.91 Å². The van der Waals surface area contributed by atoms with Crippen molar-refractivity contribution in [2.75, 3.05) is 20.6 Å². The van der Waals surface area contributed by atoms with Crippen molar-refractivity contribution in [3.63, 3.8) is 0 Å².